The van der Waals surface area contributed by atoms with Gasteiger partial charge in [0, 0.05) is 26.3 Å². The molecule has 0 spiro atoms. The average Bonchev–Trinajstić information content (AvgIpc) is 2.92. The van der Waals surface area contributed by atoms with Crippen molar-refractivity contribution in [1.82, 2.24) is 10.0 Å². The molecule has 1 fully saturated rings. The van der Waals surface area contributed by atoms with Crippen LogP contribution >= 0.6 is 0 Å². The summed E-state index contributed by atoms with van der Waals surface area (Å²) in [5, 5.41) is 3.01. The summed E-state index contributed by atoms with van der Waals surface area (Å²) >= 11 is 0. The van der Waals surface area contributed by atoms with Crippen molar-refractivity contribution in [1.29, 1.82) is 0 Å². The molecule has 2 rings (SSSR count). The van der Waals surface area contributed by atoms with E-state index < -0.39 is 10.0 Å². The van der Waals surface area contributed by atoms with E-state index in [1.54, 1.807) is 18.2 Å². The molecule has 0 amide bonds. The van der Waals surface area contributed by atoms with Gasteiger partial charge in [0.05, 0.1) is 4.90 Å². The summed E-state index contributed by atoms with van der Waals surface area (Å²) in [6, 6.07) is 7.01. The van der Waals surface area contributed by atoms with Gasteiger partial charge in [0.15, 0.2) is 0 Å². The fourth-order valence-electron chi connectivity index (χ4n) is 2.32. The minimum Gasteiger partial charge on any atom is -0.381 e. The second-order valence-electron chi connectivity index (χ2n) is 5.09. The summed E-state index contributed by atoms with van der Waals surface area (Å²) < 4.78 is 32.3. The molecule has 0 bridgehead atoms. The first-order valence-corrected chi connectivity index (χ1v) is 8.41. The number of ether oxygens (including phenoxy) is 1. The minimum absolute atomic E-state index is 0.327. The fraction of sp³-hybridized carbons (Fsp3) is 0.571. The highest BCUT2D eigenvalue weighted by Crippen LogP contribution is 2.16. The van der Waals surface area contributed by atoms with Gasteiger partial charge in [0.1, 0.15) is 0 Å². The standard InChI is InChI=1S/C14H22N2O3S/c1-15-10-13-3-2-4-14(9-13)20(17,18)16-7-5-12-6-8-19-11-12/h2-4,9,12,15-16H,5-8,10-11H2,1H3. The zero-order valence-corrected chi connectivity index (χ0v) is 12.6. The lowest BCUT2D eigenvalue weighted by Crippen LogP contribution is -2.26. The number of rotatable bonds is 7. The zero-order chi connectivity index (χ0) is 14.4. The van der Waals surface area contributed by atoms with Crippen molar-refractivity contribution in [3.63, 3.8) is 0 Å². The molecular formula is C14H22N2O3S. The van der Waals surface area contributed by atoms with E-state index in [0.717, 1.165) is 31.6 Å². The monoisotopic (exact) mass is 298 g/mol. The van der Waals surface area contributed by atoms with Gasteiger partial charge >= 0.3 is 0 Å². The lowest BCUT2D eigenvalue weighted by Gasteiger charge is -2.10. The molecule has 0 aliphatic carbocycles. The maximum Gasteiger partial charge on any atom is 0.240 e. The van der Waals surface area contributed by atoms with Gasteiger partial charge in [-0.15, -0.1) is 0 Å². The largest absolute Gasteiger partial charge is 0.381 e. The summed E-state index contributed by atoms with van der Waals surface area (Å²) in [6.45, 7) is 2.66. The van der Waals surface area contributed by atoms with Crippen molar-refractivity contribution in [2.45, 2.75) is 24.3 Å². The number of hydrogen-bond acceptors (Lipinski definition) is 4. The zero-order valence-electron chi connectivity index (χ0n) is 11.8. The van der Waals surface area contributed by atoms with Gasteiger partial charge in [-0.2, -0.15) is 0 Å². The van der Waals surface area contributed by atoms with Crippen LogP contribution in [-0.4, -0.2) is 35.2 Å². The van der Waals surface area contributed by atoms with E-state index in [9.17, 15) is 8.42 Å². The number of nitrogens with one attached hydrogen (secondary N) is 2. The molecule has 1 aliphatic heterocycles. The molecule has 1 heterocycles. The quantitative estimate of drug-likeness (QED) is 0.791. The second-order valence-corrected chi connectivity index (χ2v) is 6.86. The van der Waals surface area contributed by atoms with Crippen LogP contribution in [0, 0.1) is 5.92 Å². The molecule has 1 unspecified atom stereocenters. The Bertz CT molecular complexity index is 525. The van der Waals surface area contributed by atoms with Gasteiger partial charge < -0.3 is 10.1 Å². The molecular weight excluding hydrogens is 276 g/mol. The second kappa shape index (κ2) is 7.17. The summed E-state index contributed by atoms with van der Waals surface area (Å²) in [4.78, 5) is 0.327. The van der Waals surface area contributed by atoms with Gasteiger partial charge in [0.25, 0.3) is 0 Å². The Kier molecular flexibility index (Phi) is 5.54. The van der Waals surface area contributed by atoms with E-state index in [1.807, 2.05) is 13.1 Å². The first kappa shape index (κ1) is 15.4. The van der Waals surface area contributed by atoms with Crippen LogP contribution in [0.15, 0.2) is 29.2 Å². The van der Waals surface area contributed by atoms with Crippen LogP contribution in [-0.2, 0) is 21.3 Å². The topological polar surface area (TPSA) is 67.4 Å². The Labute approximate surface area is 120 Å². The van der Waals surface area contributed by atoms with Crippen LogP contribution in [0.4, 0.5) is 0 Å². The van der Waals surface area contributed by atoms with E-state index in [2.05, 4.69) is 10.0 Å². The normalized spacial score (nSPS) is 19.4. The SMILES string of the molecule is CNCc1cccc(S(=O)(=O)NCCC2CCOC2)c1. The highest BCUT2D eigenvalue weighted by molar-refractivity contribution is 7.89. The minimum atomic E-state index is -3.41. The Hall–Kier alpha value is -0.950. The van der Waals surface area contributed by atoms with Gasteiger partial charge in [-0.05, 0) is 43.5 Å². The third kappa shape index (κ3) is 4.28. The molecule has 6 heteroatoms. The molecule has 1 aliphatic rings. The first-order valence-electron chi connectivity index (χ1n) is 6.93. The van der Waals surface area contributed by atoms with Crippen LogP contribution < -0.4 is 10.0 Å². The van der Waals surface area contributed by atoms with Crippen molar-refractivity contribution >= 4 is 10.0 Å². The summed E-state index contributed by atoms with van der Waals surface area (Å²) in [6.07, 6.45) is 1.86. The van der Waals surface area contributed by atoms with Gasteiger partial charge in [0.2, 0.25) is 10.0 Å². The number of benzene rings is 1. The maximum atomic E-state index is 12.2. The Morgan fingerprint density at radius 1 is 1.40 bits per heavy atom. The molecule has 0 aromatic heterocycles. The van der Waals surface area contributed by atoms with Crippen molar-refractivity contribution < 1.29 is 13.2 Å². The third-order valence-electron chi connectivity index (χ3n) is 3.46. The fourth-order valence-corrected chi connectivity index (χ4v) is 3.44. The van der Waals surface area contributed by atoms with E-state index >= 15 is 0 Å². The average molecular weight is 298 g/mol. The van der Waals surface area contributed by atoms with Crippen molar-refractivity contribution in [2.24, 2.45) is 5.92 Å². The van der Waals surface area contributed by atoms with Crippen LogP contribution in [0.1, 0.15) is 18.4 Å². The molecule has 0 radical (unpaired) electrons. The van der Waals surface area contributed by atoms with Crippen molar-refractivity contribution in [3.05, 3.63) is 29.8 Å². The summed E-state index contributed by atoms with van der Waals surface area (Å²) in [5.74, 6) is 0.480. The van der Waals surface area contributed by atoms with E-state index in [4.69, 9.17) is 4.74 Å². The molecule has 5 nitrogen and oxygen atoms in total. The van der Waals surface area contributed by atoms with Gasteiger partial charge in [-0.3, -0.25) is 0 Å². The molecule has 1 atom stereocenters. The van der Waals surface area contributed by atoms with E-state index in [1.165, 1.54) is 0 Å². The van der Waals surface area contributed by atoms with E-state index in [-0.39, 0.29) is 0 Å². The predicted octanol–water partition coefficient (Wildman–Crippen LogP) is 1.11. The Morgan fingerprint density at radius 2 is 2.25 bits per heavy atom. The van der Waals surface area contributed by atoms with Gasteiger partial charge in [-0.1, -0.05) is 12.1 Å². The number of hydrogen-bond donors (Lipinski definition) is 2. The van der Waals surface area contributed by atoms with Crippen molar-refractivity contribution in [2.75, 3.05) is 26.8 Å². The highest BCUT2D eigenvalue weighted by atomic mass is 32.2. The smallest absolute Gasteiger partial charge is 0.240 e. The van der Waals surface area contributed by atoms with Crippen LogP contribution in [0.2, 0.25) is 0 Å². The van der Waals surface area contributed by atoms with Crippen LogP contribution in [0.25, 0.3) is 0 Å². The third-order valence-corrected chi connectivity index (χ3v) is 4.92. The lowest BCUT2D eigenvalue weighted by atomic mass is 10.1. The molecule has 112 valence electrons. The predicted molar refractivity (Wildman–Crippen MR) is 77.9 cm³/mol. The number of sulfonamides is 1. The highest BCUT2D eigenvalue weighted by Gasteiger charge is 2.18. The molecule has 2 N–H and O–H groups in total. The van der Waals surface area contributed by atoms with E-state index in [0.29, 0.717) is 23.9 Å². The Balaban J connectivity index is 1.93. The first-order chi connectivity index (χ1) is 9.62. The summed E-state index contributed by atoms with van der Waals surface area (Å²) in [7, 11) is -1.57. The van der Waals surface area contributed by atoms with Gasteiger partial charge in [-0.25, -0.2) is 13.1 Å². The molecule has 0 saturated carbocycles. The lowest BCUT2D eigenvalue weighted by molar-refractivity contribution is 0.184. The summed E-state index contributed by atoms with van der Waals surface area (Å²) in [5.41, 5.74) is 0.958. The molecule has 20 heavy (non-hydrogen) atoms. The molecule has 1 aromatic rings. The van der Waals surface area contributed by atoms with Crippen molar-refractivity contribution in [3.8, 4) is 0 Å². The van der Waals surface area contributed by atoms with Crippen LogP contribution in [0.5, 0.6) is 0 Å². The van der Waals surface area contributed by atoms with Crippen LogP contribution in [0.3, 0.4) is 0 Å². The molecule has 1 aromatic carbocycles. The maximum absolute atomic E-state index is 12.2. The molecule has 1 saturated heterocycles. The Morgan fingerprint density at radius 3 is 2.95 bits per heavy atom.